The van der Waals surface area contributed by atoms with Crippen molar-refractivity contribution in [2.24, 2.45) is 0 Å². The monoisotopic (exact) mass is 195 g/mol. The normalized spacial score (nSPS) is 17.1. The van der Waals surface area contributed by atoms with Crippen LogP contribution in [-0.2, 0) is 0 Å². The third-order valence-electron chi connectivity index (χ3n) is 1.38. The van der Waals surface area contributed by atoms with Gasteiger partial charge in [-0.05, 0) is 12.8 Å². The van der Waals surface area contributed by atoms with Crippen molar-refractivity contribution >= 4 is 23.1 Å². The van der Waals surface area contributed by atoms with E-state index >= 15 is 0 Å². The Balaban J connectivity index is 0.000000640. The summed E-state index contributed by atoms with van der Waals surface area (Å²) in [6.07, 6.45) is 1.29. The van der Waals surface area contributed by atoms with Crippen LogP contribution < -0.4 is 0 Å². The lowest BCUT2D eigenvalue weighted by molar-refractivity contribution is 0.156. The molecule has 1 fully saturated rings. The van der Waals surface area contributed by atoms with Crippen molar-refractivity contribution in [3.63, 3.8) is 0 Å². The molecular weight excluding hydrogens is 186 g/mol. The first-order valence-electron chi connectivity index (χ1n) is 2.78. The Morgan fingerprint density at radius 2 is 1.78 bits per heavy atom. The van der Waals surface area contributed by atoms with Crippen LogP contribution in [0.1, 0.15) is 12.8 Å². The lowest BCUT2D eigenvalue weighted by Crippen LogP contribution is -2.25. The number of halogens is 1. The molecule has 1 aliphatic heterocycles. The van der Waals surface area contributed by atoms with Gasteiger partial charge in [0.25, 0.3) is 0 Å². The minimum atomic E-state index is -0.775. The molecule has 1 heterocycles. The molecule has 1 rings (SSSR count). The highest BCUT2D eigenvalue weighted by atomic mass is 79.9. The van der Waals surface area contributed by atoms with Gasteiger partial charge in [0.15, 0.2) is 0 Å². The van der Waals surface area contributed by atoms with Crippen molar-refractivity contribution in [2.75, 3.05) is 13.1 Å². The Morgan fingerprint density at radius 3 is 2.00 bits per heavy atom. The second-order valence-corrected chi connectivity index (χ2v) is 1.98. The van der Waals surface area contributed by atoms with Crippen LogP contribution in [0.3, 0.4) is 0 Å². The molecule has 1 saturated heterocycles. The predicted octanol–water partition coefficient (Wildman–Crippen LogP) is 1.34. The van der Waals surface area contributed by atoms with Crippen molar-refractivity contribution in [3.05, 3.63) is 0 Å². The molecule has 0 aromatic carbocycles. The maximum absolute atomic E-state index is 10.1. The van der Waals surface area contributed by atoms with Gasteiger partial charge >= 0.3 is 6.09 Å². The molecule has 0 atom stereocenters. The summed E-state index contributed by atoms with van der Waals surface area (Å²) in [4.78, 5) is 11.6. The van der Waals surface area contributed by atoms with Crippen LogP contribution in [0, 0.1) is 0 Å². The highest BCUT2D eigenvalue weighted by Crippen LogP contribution is 2.05. The van der Waals surface area contributed by atoms with Crippen LogP contribution in [0.5, 0.6) is 0 Å². The second-order valence-electron chi connectivity index (χ2n) is 1.98. The molecule has 1 aliphatic rings. The van der Waals surface area contributed by atoms with Crippen LogP contribution in [0.15, 0.2) is 0 Å². The topological polar surface area (TPSA) is 40.5 Å². The lowest BCUT2D eigenvalue weighted by atomic mass is 10.4. The third-order valence-corrected chi connectivity index (χ3v) is 1.38. The first-order chi connectivity index (χ1) is 3.80. The molecular formula is C5H10BrNO2. The molecule has 0 spiro atoms. The van der Waals surface area contributed by atoms with E-state index in [-0.39, 0.29) is 17.0 Å². The Bertz CT molecular complexity index is 101. The molecule has 0 aromatic rings. The van der Waals surface area contributed by atoms with Crippen LogP contribution in [0.25, 0.3) is 0 Å². The smallest absolute Gasteiger partial charge is 0.407 e. The Kier molecular flexibility index (Phi) is 3.61. The Hall–Kier alpha value is -0.250. The molecule has 4 heteroatoms. The zero-order valence-electron chi connectivity index (χ0n) is 5.04. The van der Waals surface area contributed by atoms with Gasteiger partial charge in [-0.2, -0.15) is 0 Å². The maximum atomic E-state index is 10.1. The molecule has 1 amide bonds. The van der Waals surface area contributed by atoms with Crippen molar-refractivity contribution in [1.82, 2.24) is 4.90 Å². The van der Waals surface area contributed by atoms with Crippen molar-refractivity contribution in [1.29, 1.82) is 0 Å². The molecule has 0 unspecified atom stereocenters. The number of nitrogens with zero attached hydrogens (tertiary/aromatic N) is 1. The first kappa shape index (κ1) is 8.75. The number of carboxylic acid groups (broad SMARTS) is 1. The van der Waals surface area contributed by atoms with Gasteiger partial charge in [-0.15, -0.1) is 17.0 Å². The Labute approximate surface area is 64.4 Å². The average molecular weight is 196 g/mol. The van der Waals surface area contributed by atoms with Crippen molar-refractivity contribution in [3.8, 4) is 0 Å². The first-order valence-corrected chi connectivity index (χ1v) is 2.78. The van der Waals surface area contributed by atoms with Gasteiger partial charge in [0.2, 0.25) is 0 Å². The summed E-state index contributed by atoms with van der Waals surface area (Å²) in [7, 11) is 0. The van der Waals surface area contributed by atoms with Gasteiger partial charge in [0.1, 0.15) is 0 Å². The zero-order chi connectivity index (χ0) is 5.98. The highest BCUT2D eigenvalue weighted by molar-refractivity contribution is 8.93. The van der Waals surface area contributed by atoms with Crippen molar-refractivity contribution < 1.29 is 9.90 Å². The minimum Gasteiger partial charge on any atom is -0.465 e. The van der Waals surface area contributed by atoms with E-state index < -0.39 is 6.09 Å². The van der Waals surface area contributed by atoms with Gasteiger partial charge in [-0.3, -0.25) is 0 Å². The SMILES string of the molecule is Br.O=C(O)N1CCCC1. The molecule has 0 saturated carbocycles. The molecule has 0 aromatic heterocycles. The van der Waals surface area contributed by atoms with Gasteiger partial charge in [-0.25, -0.2) is 4.79 Å². The summed E-state index contributed by atoms with van der Waals surface area (Å²) in [5.74, 6) is 0. The minimum absolute atomic E-state index is 0. The zero-order valence-corrected chi connectivity index (χ0v) is 6.75. The predicted molar refractivity (Wildman–Crippen MR) is 39.2 cm³/mol. The number of amides is 1. The van der Waals surface area contributed by atoms with Gasteiger partial charge in [0, 0.05) is 13.1 Å². The third kappa shape index (κ3) is 2.22. The Morgan fingerprint density at radius 1 is 1.33 bits per heavy atom. The van der Waals surface area contributed by atoms with E-state index in [1.54, 1.807) is 0 Å². The van der Waals surface area contributed by atoms with E-state index in [4.69, 9.17) is 5.11 Å². The second kappa shape index (κ2) is 3.71. The molecule has 1 N–H and O–H groups in total. The molecule has 3 nitrogen and oxygen atoms in total. The van der Waals surface area contributed by atoms with Crippen LogP contribution in [-0.4, -0.2) is 29.2 Å². The van der Waals surface area contributed by atoms with E-state index in [0.29, 0.717) is 0 Å². The van der Waals surface area contributed by atoms with E-state index in [9.17, 15) is 4.79 Å². The van der Waals surface area contributed by atoms with E-state index in [0.717, 1.165) is 25.9 Å². The summed E-state index contributed by atoms with van der Waals surface area (Å²) < 4.78 is 0. The maximum Gasteiger partial charge on any atom is 0.407 e. The van der Waals surface area contributed by atoms with Crippen LogP contribution in [0.4, 0.5) is 4.79 Å². The number of likely N-dealkylation sites (tertiary alicyclic amines) is 1. The van der Waals surface area contributed by atoms with Crippen LogP contribution >= 0.6 is 17.0 Å². The fourth-order valence-electron chi connectivity index (χ4n) is 0.908. The summed E-state index contributed by atoms with van der Waals surface area (Å²) in [6.45, 7) is 1.46. The molecule has 9 heavy (non-hydrogen) atoms. The summed E-state index contributed by atoms with van der Waals surface area (Å²) in [6, 6.07) is 0. The van der Waals surface area contributed by atoms with Gasteiger partial charge in [0.05, 0.1) is 0 Å². The number of hydrogen-bond acceptors (Lipinski definition) is 1. The number of hydrogen-bond donors (Lipinski definition) is 1. The summed E-state index contributed by atoms with van der Waals surface area (Å²) >= 11 is 0. The molecule has 0 radical (unpaired) electrons. The fourth-order valence-corrected chi connectivity index (χ4v) is 0.908. The van der Waals surface area contributed by atoms with E-state index in [1.165, 1.54) is 4.90 Å². The average Bonchev–Trinajstić information content (AvgIpc) is 2.12. The quantitative estimate of drug-likeness (QED) is 0.634. The fraction of sp³-hybridized carbons (Fsp3) is 0.800. The van der Waals surface area contributed by atoms with Crippen LogP contribution in [0.2, 0.25) is 0 Å². The summed E-state index contributed by atoms with van der Waals surface area (Å²) in [5, 5.41) is 8.34. The summed E-state index contributed by atoms with van der Waals surface area (Å²) in [5.41, 5.74) is 0. The van der Waals surface area contributed by atoms with Crippen molar-refractivity contribution in [2.45, 2.75) is 12.8 Å². The highest BCUT2D eigenvalue weighted by Gasteiger charge is 2.15. The van der Waals surface area contributed by atoms with E-state index in [1.807, 2.05) is 0 Å². The molecule has 54 valence electrons. The molecule has 0 aliphatic carbocycles. The van der Waals surface area contributed by atoms with Gasteiger partial charge in [-0.1, -0.05) is 0 Å². The molecule has 0 bridgehead atoms. The number of carbonyl (C=O) groups is 1. The van der Waals surface area contributed by atoms with Gasteiger partial charge < -0.3 is 10.0 Å². The largest absolute Gasteiger partial charge is 0.465 e. The number of rotatable bonds is 0. The lowest BCUT2D eigenvalue weighted by Gasteiger charge is -2.07. The van der Waals surface area contributed by atoms with E-state index in [2.05, 4.69) is 0 Å². The standard InChI is InChI=1S/C5H9NO2.BrH/c7-5(8)6-3-1-2-4-6;/h1-4H2,(H,7,8);1H.